The predicted molar refractivity (Wildman–Crippen MR) is 71.9 cm³/mol. The van der Waals surface area contributed by atoms with E-state index in [9.17, 15) is 0 Å². The average Bonchev–Trinajstić information content (AvgIpc) is 2.22. The molecule has 0 aliphatic carbocycles. The fraction of sp³-hybridized carbons (Fsp3) is 0.500. The molecule has 0 atom stereocenters. The van der Waals surface area contributed by atoms with Crippen molar-refractivity contribution < 1.29 is 4.74 Å². The van der Waals surface area contributed by atoms with Crippen LogP contribution in [-0.4, -0.2) is 19.3 Å². The zero-order valence-corrected chi connectivity index (χ0v) is 11.9. The minimum atomic E-state index is 0.288. The van der Waals surface area contributed by atoms with Crippen LogP contribution in [0.25, 0.3) is 0 Å². The van der Waals surface area contributed by atoms with Crippen molar-refractivity contribution in [3.8, 4) is 0 Å². The van der Waals surface area contributed by atoms with Crippen LogP contribution in [0.1, 0.15) is 19.4 Å². The van der Waals surface area contributed by atoms with E-state index >= 15 is 0 Å². The lowest BCUT2D eigenvalue weighted by Gasteiger charge is -2.09. The van der Waals surface area contributed by atoms with Gasteiger partial charge in [0.2, 0.25) is 0 Å². The average molecular weight is 307 g/mol. The maximum absolute atomic E-state index is 6.07. The number of rotatable bonds is 6. The van der Waals surface area contributed by atoms with Crippen molar-refractivity contribution in [2.24, 2.45) is 0 Å². The standard InChI is InChI=1S/C12H17BrClNO/c1-9(2)16-6-5-15-8-10-7-11(13)3-4-12(10)14/h3-4,7,9,15H,5-6,8H2,1-2H3. The van der Waals surface area contributed by atoms with E-state index in [-0.39, 0.29) is 6.10 Å². The lowest BCUT2D eigenvalue weighted by molar-refractivity contribution is 0.0807. The predicted octanol–water partition coefficient (Wildman–Crippen LogP) is 3.62. The van der Waals surface area contributed by atoms with Gasteiger partial charge in [-0.05, 0) is 37.6 Å². The molecule has 0 amide bonds. The van der Waals surface area contributed by atoms with Gasteiger partial charge in [0.15, 0.2) is 0 Å². The molecule has 0 spiro atoms. The zero-order chi connectivity index (χ0) is 12.0. The van der Waals surface area contributed by atoms with Crippen molar-refractivity contribution in [1.82, 2.24) is 5.32 Å². The van der Waals surface area contributed by atoms with Crippen LogP contribution in [0.5, 0.6) is 0 Å². The van der Waals surface area contributed by atoms with Gasteiger partial charge >= 0.3 is 0 Å². The summed E-state index contributed by atoms with van der Waals surface area (Å²) in [6.45, 7) is 6.39. The summed E-state index contributed by atoms with van der Waals surface area (Å²) >= 11 is 9.49. The van der Waals surface area contributed by atoms with E-state index in [1.54, 1.807) is 0 Å². The second-order valence-corrected chi connectivity index (χ2v) is 5.15. The first-order chi connectivity index (χ1) is 7.59. The van der Waals surface area contributed by atoms with E-state index in [4.69, 9.17) is 16.3 Å². The Morgan fingerprint density at radius 2 is 2.19 bits per heavy atom. The fourth-order valence-corrected chi connectivity index (χ4v) is 1.86. The molecule has 0 saturated carbocycles. The molecule has 0 radical (unpaired) electrons. The number of nitrogens with one attached hydrogen (secondary N) is 1. The summed E-state index contributed by atoms with van der Waals surface area (Å²) in [5.41, 5.74) is 1.10. The maximum Gasteiger partial charge on any atom is 0.0594 e. The Hall–Kier alpha value is -0.0900. The van der Waals surface area contributed by atoms with E-state index in [2.05, 4.69) is 21.2 Å². The van der Waals surface area contributed by atoms with Crippen LogP contribution >= 0.6 is 27.5 Å². The molecule has 0 fully saturated rings. The maximum atomic E-state index is 6.07. The highest BCUT2D eigenvalue weighted by Gasteiger charge is 2.00. The van der Waals surface area contributed by atoms with E-state index in [0.29, 0.717) is 0 Å². The lowest BCUT2D eigenvalue weighted by Crippen LogP contribution is -2.21. The smallest absolute Gasteiger partial charge is 0.0594 e. The van der Waals surface area contributed by atoms with Crippen LogP contribution in [0.3, 0.4) is 0 Å². The van der Waals surface area contributed by atoms with E-state index < -0.39 is 0 Å². The van der Waals surface area contributed by atoms with Gasteiger partial charge in [0, 0.05) is 22.6 Å². The monoisotopic (exact) mass is 305 g/mol. The Bertz CT molecular complexity index is 331. The van der Waals surface area contributed by atoms with Crippen LogP contribution in [0, 0.1) is 0 Å². The van der Waals surface area contributed by atoms with Crippen LogP contribution in [0.2, 0.25) is 5.02 Å². The van der Waals surface area contributed by atoms with E-state index in [0.717, 1.165) is 34.8 Å². The highest BCUT2D eigenvalue weighted by Crippen LogP contribution is 2.20. The van der Waals surface area contributed by atoms with Crippen molar-refractivity contribution in [2.75, 3.05) is 13.2 Å². The second-order valence-electron chi connectivity index (χ2n) is 3.83. The Balaban J connectivity index is 2.29. The van der Waals surface area contributed by atoms with Crippen molar-refractivity contribution in [3.63, 3.8) is 0 Å². The van der Waals surface area contributed by atoms with Gasteiger partial charge in [0.05, 0.1) is 12.7 Å². The first-order valence-corrected chi connectivity index (χ1v) is 6.53. The zero-order valence-electron chi connectivity index (χ0n) is 9.59. The number of benzene rings is 1. The van der Waals surface area contributed by atoms with Gasteiger partial charge in [-0.2, -0.15) is 0 Å². The quantitative estimate of drug-likeness (QED) is 0.811. The molecule has 0 bridgehead atoms. The summed E-state index contributed by atoms with van der Waals surface area (Å²) in [6.07, 6.45) is 0.288. The van der Waals surface area contributed by atoms with Gasteiger partial charge in [0.1, 0.15) is 0 Å². The minimum absolute atomic E-state index is 0.288. The molecule has 4 heteroatoms. The number of hydrogen-bond donors (Lipinski definition) is 1. The third-order valence-electron chi connectivity index (χ3n) is 2.05. The van der Waals surface area contributed by atoms with Crippen LogP contribution in [0.15, 0.2) is 22.7 Å². The summed E-state index contributed by atoms with van der Waals surface area (Å²) in [7, 11) is 0. The van der Waals surface area contributed by atoms with Gasteiger partial charge in [-0.1, -0.05) is 27.5 Å². The summed E-state index contributed by atoms with van der Waals surface area (Å²) < 4.78 is 6.48. The molecule has 0 aromatic heterocycles. The number of ether oxygens (including phenoxy) is 1. The third kappa shape index (κ3) is 5.30. The van der Waals surface area contributed by atoms with Gasteiger partial charge < -0.3 is 10.1 Å². The molecule has 0 aliphatic heterocycles. The summed E-state index contributed by atoms with van der Waals surface area (Å²) in [4.78, 5) is 0. The molecule has 0 unspecified atom stereocenters. The highest BCUT2D eigenvalue weighted by molar-refractivity contribution is 9.10. The lowest BCUT2D eigenvalue weighted by atomic mass is 10.2. The summed E-state index contributed by atoms with van der Waals surface area (Å²) in [5, 5.41) is 4.09. The molecule has 1 rings (SSSR count). The second kappa shape index (κ2) is 7.28. The molecule has 0 saturated heterocycles. The van der Waals surface area contributed by atoms with Crippen LogP contribution in [-0.2, 0) is 11.3 Å². The molecule has 0 heterocycles. The summed E-state index contributed by atoms with van der Waals surface area (Å²) in [5.74, 6) is 0. The molecule has 0 aliphatic rings. The van der Waals surface area contributed by atoms with Gasteiger partial charge in [0.25, 0.3) is 0 Å². The Kier molecular flexibility index (Phi) is 6.36. The molecule has 2 nitrogen and oxygen atoms in total. The van der Waals surface area contributed by atoms with Gasteiger partial charge in [-0.3, -0.25) is 0 Å². The van der Waals surface area contributed by atoms with Crippen LogP contribution < -0.4 is 5.32 Å². The normalized spacial score (nSPS) is 11.1. The Morgan fingerprint density at radius 3 is 2.88 bits per heavy atom. The SMILES string of the molecule is CC(C)OCCNCc1cc(Br)ccc1Cl. The molecule has 90 valence electrons. The van der Waals surface area contributed by atoms with Crippen molar-refractivity contribution >= 4 is 27.5 Å². The molecule has 1 N–H and O–H groups in total. The molecule has 16 heavy (non-hydrogen) atoms. The molecule has 1 aromatic carbocycles. The van der Waals surface area contributed by atoms with E-state index in [1.807, 2.05) is 32.0 Å². The fourth-order valence-electron chi connectivity index (χ4n) is 1.27. The van der Waals surface area contributed by atoms with Gasteiger partial charge in [-0.25, -0.2) is 0 Å². The van der Waals surface area contributed by atoms with Crippen LogP contribution in [0.4, 0.5) is 0 Å². The van der Waals surface area contributed by atoms with Crippen molar-refractivity contribution in [1.29, 1.82) is 0 Å². The topological polar surface area (TPSA) is 21.3 Å². The Morgan fingerprint density at radius 1 is 1.44 bits per heavy atom. The molecular formula is C12H17BrClNO. The van der Waals surface area contributed by atoms with Gasteiger partial charge in [-0.15, -0.1) is 0 Å². The van der Waals surface area contributed by atoms with E-state index in [1.165, 1.54) is 0 Å². The number of hydrogen-bond acceptors (Lipinski definition) is 2. The third-order valence-corrected chi connectivity index (χ3v) is 2.92. The largest absolute Gasteiger partial charge is 0.377 e. The minimum Gasteiger partial charge on any atom is -0.377 e. The summed E-state index contributed by atoms with van der Waals surface area (Å²) in [6, 6.07) is 5.86. The molecule has 1 aromatic rings. The number of halogens is 2. The van der Waals surface area contributed by atoms with Crippen molar-refractivity contribution in [2.45, 2.75) is 26.5 Å². The first kappa shape index (κ1) is 14.0. The highest BCUT2D eigenvalue weighted by atomic mass is 79.9. The molecular weight excluding hydrogens is 289 g/mol. The first-order valence-electron chi connectivity index (χ1n) is 5.36. The van der Waals surface area contributed by atoms with Crippen molar-refractivity contribution in [3.05, 3.63) is 33.3 Å². The Labute approximate surface area is 110 Å².